The minimum Gasteiger partial charge on any atom is -0.481 e. The number of hydrogen-bond acceptors (Lipinski definition) is 4. The third-order valence-corrected chi connectivity index (χ3v) is 5.11. The van der Waals surface area contributed by atoms with Gasteiger partial charge in [0.15, 0.2) is 0 Å². The van der Waals surface area contributed by atoms with E-state index in [2.05, 4.69) is 9.62 Å². The van der Waals surface area contributed by atoms with E-state index in [0.717, 1.165) is 25.1 Å². The van der Waals surface area contributed by atoms with E-state index in [1.807, 2.05) is 7.05 Å². The molecule has 1 heterocycles. The number of hydrogen-bond donors (Lipinski definition) is 2. The molecule has 1 aromatic carbocycles. The molecule has 1 unspecified atom stereocenters. The summed E-state index contributed by atoms with van der Waals surface area (Å²) in [5.74, 6) is -0.862. The first-order chi connectivity index (χ1) is 9.87. The summed E-state index contributed by atoms with van der Waals surface area (Å²) in [4.78, 5) is 12.8. The van der Waals surface area contributed by atoms with Gasteiger partial charge in [0, 0.05) is 19.0 Å². The number of carbonyl (C=O) groups is 1. The Labute approximate surface area is 124 Å². The zero-order chi connectivity index (χ0) is 15.5. The first-order valence-electron chi connectivity index (χ1n) is 6.88. The van der Waals surface area contributed by atoms with E-state index >= 15 is 0 Å². The lowest BCUT2D eigenvalue weighted by Gasteiger charge is -2.13. The molecule has 21 heavy (non-hydrogen) atoms. The van der Waals surface area contributed by atoms with Crippen LogP contribution in [0, 0.1) is 0 Å². The number of aryl methyl sites for hydroxylation is 1. The highest BCUT2D eigenvalue weighted by molar-refractivity contribution is 7.89. The summed E-state index contributed by atoms with van der Waals surface area (Å²) in [7, 11) is -1.54. The number of benzene rings is 1. The number of nitrogens with one attached hydrogen (secondary N) is 1. The Balaban J connectivity index is 2.01. The molecule has 7 heteroatoms. The average molecular weight is 312 g/mol. The van der Waals surface area contributed by atoms with Crippen molar-refractivity contribution >= 4 is 16.0 Å². The summed E-state index contributed by atoms with van der Waals surface area (Å²) in [6.45, 7) is 1.61. The second-order valence-electron chi connectivity index (χ2n) is 5.41. The number of likely N-dealkylation sites (tertiary alicyclic amines) is 1. The molecule has 0 radical (unpaired) electrons. The van der Waals surface area contributed by atoms with Crippen molar-refractivity contribution in [2.24, 2.45) is 0 Å². The maximum Gasteiger partial charge on any atom is 0.303 e. The second-order valence-corrected chi connectivity index (χ2v) is 7.12. The van der Waals surface area contributed by atoms with Crippen molar-refractivity contribution in [3.05, 3.63) is 29.8 Å². The summed E-state index contributed by atoms with van der Waals surface area (Å²) in [6, 6.07) is 6.33. The van der Waals surface area contributed by atoms with Gasteiger partial charge in [-0.3, -0.25) is 4.79 Å². The van der Waals surface area contributed by atoms with Crippen molar-refractivity contribution in [3.8, 4) is 0 Å². The number of nitrogens with zero attached hydrogens (tertiary/aromatic N) is 1. The Morgan fingerprint density at radius 3 is 2.57 bits per heavy atom. The molecular weight excluding hydrogens is 292 g/mol. The average Bonchev–Trinajstić information content (AvgIpc) is 2.81. The van der Waals surface area contributed by atoms with Gasteiger partial charge >= 0.3 is 5.97 Å². The van der Waals surface area contributed by atoms with E-state index in [9.17, 15) is 13.2 Å². The number of likely N-dealkylation sites (N-methyl/N-ethyl adjacent to an activating group) is 1. The monoisotopic (exact) mass is 312 g/mol. The fraction of sp³-hybridized carbons (Fsp3) is 0.500. The van der Waals surface area contributed by atoms with Crippen LogP contribution in [-0.2, 0) is 21.2 Å². The molecule has 0 saturated carbocycles. The predicted molar refractivity (Wildman–Crippen MR) is 78.6 cm³/mol. The zero-order valence-electron chi connectivity index (χ0n) is 11.9. The molecule has 0 amide bonds. The lowest BCUT2D eigenvalue weighted by Crippen LogP contribution is -2.36. The molecule has 1 aliphatic rings. The minimum atomic E-state index is -3.51. The van der Waals surface area contributed by atoms with E-state index in [4.69, 9.17) is 5.11 Å². The van der Waals surface area contributed by atoms with E-state index in [1.165, 1.54) is 12.1 Å². The molecule has 1 saturated heterocycles. The van der Waals surface area contributed by atoms with Crippen LogP contribution < -0.4 is 4.72 Å². The predicted octanol–water partition coefficient (Wildman–Crippen LogP) is 0.686. The van der Waals surface area contributed by atoms with Crippen LogP contribution in [0.25, 0.3) is 0 Å². The first kappa shape index (κ1) is 15.9. The number of aliphatic carboxylic acids is 1. The highest BCUT2D eigenvalue weighted by Gasteiger charge is 2.25. The van der Waals surface area contributed by atoms with Gasteiger partial charge in [0.2, 0.25) is 10.0 Å². The normalized spacial score (nSPS) is 19.8. The fourth-order valence-electron chi connectivity index (χ4n) is 2.41. The van der Waals surface area contributed by atoms with Gasteiger partial charge in [-0.05, 0) is 44.1 Å². The van der Waals surface area contributed by atoms with Crippen LogP contribution in [0.3, 0.4) is 0 Å². The largest absolute Gasteiger partial charge is 0.481 e. The summed E-state index contributed by atoms with van der Waals surface area (Å²) in [6.07, 6.45) is 1.25. The molecule has 1 aromatic rings. The number of carboxylic acid groups (broad SMARTS) is 1. The van der Waals surface area contributed by atoms with Crippen LogP contribution in [0.1, 0.15) is 18.4 Å². The Bertz CT molecular complexity index is 598. The number of rotatable bonds is 6. The van der Waals surface area contributed by atoms with Crippen molar-refractivity contribution < 1.29 is 18.3 Å². The van der Waals surface area contributed by atoms with E-state index in [1.54, 1.807) is 12.1 Å². The molecule has 116 valence electrons. The Kier molecular flexibility index (Phi) is 4.97. The Morgan fingerprint density at radius 2 is 2.05 bits per heavy atom. The van der Waals surface area contributed by atoms with Crippen LogP contribution in [0.15, 0.2) is 29.2 Å². The Morgan fingerprint density at radius 1 is 1.38 bits per heavy atom. The third-order valence-electron chi connectivity index (χ3n) is 3.57. The molecular formula is C14H20N2O4S. The molecule has 6 nitrogen and oxygen atoms in total. The van der Waals surface area contributed by atoms with Gasteiger partial charge in [0.25, 0.3) is 0 Å². The smallest absolute Gasteiger partial charge is 0.303 e. The number of carboxylic acids is 1. The minimum absolute atomic E-state index is 0.0404. The standard InChI is InChI=1S/C14H20N2O4S/c1-16-9-8-12(10-16)15-21(19,20)13-5-2-11(3-6-13)4-7-14(17)18/h2-3,5-6,12,15H,4,7-10H2,1H3,(H,17,18). The molecule has 1 fully saturated rings. The third kappa shape index (κ3) is 4.52. The molecule has 2 N–H and O–H groups in total. The lowest BCUT2D eigenvalue weighted by molar-refractivity contribution is -0.136. The van der Waals surface area contributed by atoms with Gasteiger partial charge in [-0.1, -0.05) is 12.1 Å². The highest BCUT2D eigenvalue weighted by Crippen LogP contribution is 2.15. The van der Waals surface area contributed by atoms with Crippen LogP contribution in [0.4, 0.5) is 0 Å². The molecule has 1 atom stereocenters. The van der Waals surface area contributed by atoms with Gasteiger partial charge in [0.05, 0.1) is 4.90 Å². The van der Waals surface area contributed by atoms with Crippen LogP contribution in [0.5, 0.6) is 0 Å². The second kappa shape index (κ2) is 6.55. The van der Waals surface area contributed by atoms with E-state index < -0.39 is 16.0 Å². The summed E-state index contributed by atoms with van der Waals surface area (Å²) in [5.41, 5.74) is 0.817. The Hall–Kier alpha value is -1.44. The topological polar surface area (TPSA) is 86.7 Å². The summed E-state index contributed by atoms with van der Waals surface area (Å²) >= 11 is 0. The molecule has 0 aliphatic carbocycles. The summed E-state index contributed by atoms with van der Waals surface area (Å²) in [5, 5.41) is 8.63. The summed E-state index contributed by atoms with van der Waals surface area (Å²) < 4.78 is 27.2. The van der Waals surface area contributed by atoms with Crippen LogP contribution in [-0.4, -0.2) is 50.6 Å². The maximum absolute atomic E-state index is 12.2. The van der Waals surface area contributed by atoms with Gasteiger partial charge in [-0.15, -0.1) is 0 Å². The zero-order valence-corrected chi connectivity index (χ0v) is 12.8. The van der Waals surface area contributed by atoms with Gasteiger partial charge in [-0.25, -0.2) is 13.1 Å². The molecule has 0 spiro atoms. The number of sulfonamides is 1. The van der Waals surface area contributed by atoms with E-state index in [-0.39, 0.29) is 17.4 Å². The van der Waals surface area contributed by atoms with Gasteiger partial charge in [0.1, 0.15) is 0 Å². The molecule has 1 aliphatic heterocycles. The maximum atomic E-state index is 12.2. The van der Waals surface area contributed by atoms with Crippen molar-refractivity contribution in [2.45, 2.75) is 30.2 Å². The van der Waals surface area contributed by atoms with Crippen molar-refractivity contribution in [3.63, 3.8) is 0 Å². The van der Waals surface area contributed by atoms with E-state index in [0.29, 0.717) is 6.42 Å². The SMILES string of the molecule is CN1CCC(NS(=O)(=O)c2ccc(CCC(=O)O)cc2)C1. The first-order valence-corrected chi connectivity index (χ1v) is 8.37. The van der Waals surface area contributed by atoms with Crippen molar-refractivity contribution in [1.82, 2.24) is 9.62 Å². The van der Waals surface area contributed by atoms with Crippen molar-refractivity contribution in [2.75, 3.05) is 20.1 Å². The lowest BCUT2D eigenvalue weighted by atomic mass is 10.1. The van der Waals surface area contributed by atoms with Gasteiger partial charge in [-0.2, -0.15) is 0 Å². The highest BCUT2D eigenvalue weighted by atomic mass is 32.2. The fourth-order valence-corrected chi connectivity index (χ4v) is 3.67. The van der Waals surface area contributed by atoms with Crippen LogP contribution >= 0.6 is 0 Å². The van der Waals surface area contributed by atoms with Crippen molar-refractivity contribution in [1.29, 1.82) is 0 Å². The quantitative estimate of drug-likeness (QED) is 0.807. The molecule has 0 aromatic heterocycles. The molecule has 2 rings (SSSR count). The van der Waals surface area contributed by atoms with Crippen LogP contribution in [0.2, 0.25) is 0 Å². The van der Waals surface area contributed by atoms with Gasteiger partial charge < -0.3 is 10.0 Å². The molecule has 0 bridgehead atoms.